The molecule has 1 N–H and O–H groups in total. The zero-order valence-corrected chi connectivity index (χ0v) is 24.0. The van der Waals surface area contributed by atoms with Gasteiger partial charge in [0, 0.05) is 36.3 Å². The van der Waals surface area contributed by atoms with Crippen LogP contribution in [0.4, 0.5) is 11.4 Å². The summed E-state index contributed by atoms with van der Waals surface area (Å²) >= 11 is 1.52. The van der Waals surface area contributed by atoms with Crippen LogP contribution >= 0.6 is 11.8 Å². The third-order valence-corrected chi connectivity index (χ3v) is 10.4. The van der Waals surface area contributed by atoms with Crippen molar-refractivity contribution in [3.05, 3.63) is 48.6 Å². The lowest BCUT2D eigenvalue weighted by Gasteiger charge is -2.39. The van der Waals surface area contributed by atoms with Gasteiger partial charge in [-0.05, 0) is 50.5 Å². The Hall–Kier alpha value is -2.78. The normalized spacial score (nSPS) is 30.9. The molecule has 1 aromatic rings. The van der Waals surface area contributed by atoms with Crippen molar-refractivity contribution >= 4 is 40.9 Å². The van der Waals surface area contributed by atoms with E-state index in [9.17, 15) is 19.5 Å². The molecule has 2 fully saturated rings. The second-order valence-electron chi connectivity index (χ2n) is 11.0. The fourth-order valence-corrected chi connectivity index (χ4v) is 8.68. The van der Waals surface area contributed by atoms with Gasteiger partial charge in [0.05, 0.1) is 35.8 Å². The number of hydrogen-bond acceptors (Lipinski definition) is 7. The lowest BCUT2D eigenvalue weighted by Crippen LogP contribution is -2.57. The Morgan fingerprint density at radius 3 is 2.46 bits per heavy atom. The highest BCUT2D eigenvalue weighted by Gasteiger charge is 2.72. The summed E-state index contributed by atoms with van der Waals surface area (Å²) in [4.78, 5) is 47.7. The molecule has 1 unspecified atom stereocenters. The molecule has 2 saturated heterocycles. The molecule has 5 rings (SSSR count). The number of fused-ring (bicyclic) bond motifs is 2. The minimum Gasteiger partial charge on any atom is -0.465 e. The Balaban J connectivity index is 1.59. The van der Waals surface area contributed by atoms with Gasteiger partial charge in [-0.1, -0.05) is 38.2 Å². The Morgan fingerprint density at radius 2 is 1.82 bits per heavy atom. The standard InChI is InChI=1S/C30H39N3O5S/c1-5-31(6-2)20-11-13-21(14-12-20)32-16-9-15-30-25(24-23(39-30)10-7-8-17-38-29(24)37)27(35)33(26(30)28(32)36)22(18-34)19(3)4/h7,9-15,19,22-26,34H,5-6,8,16-18H2,1-4H3/t22-,23+,24-,25-,26?,30-/m0/s1. The first-order valence-corrected chi connectivity index (χ1v) is 14.9. The number of esters is 1. The van der Waals surface area contributed by atoms with Gasteiger partial charge in [0.1, 0.15) is 6.04 Å². The van der Waals surface area contributed by atoms with E-state index < -0.39 is 28.7 Å². The Bertz CT molecular complexity index is 1160. The van der Waals surface area contributed by atoms with Gasteiger partial charge in [0.25, 0.3) is 5.91 Å². The third kappa shape index (κ3) is 4.47. The first-order valence-electron chi connectivity index (χ1n) is 14.1. The summed E-state index contributed by atoms with van der Waals surface area (Å²) in [6.07, 6.45) is 8.60. The fraction of sp³-hybridized carbons (Fsp3) is 0.567. The van der Waals surface area contributed by atoms with Gasteiger partial charge in [-0.25, -0.2) is 0 Å². The molecule has 9 heteroatoms. The second kappa shape index (κ2) is 11.0. The number of aliphatic hydroxyl groups is 1. The van der Waals surface area contributed by atoms with Crippen molar-refractivity contribution in [2.45, 2.75) is 56.2 Å². The quantitative estimate of drug-likeness (QED) is 0.410. The number of nitrogens with zero attached hydrogens (tertiary/aromatic N) is 3. The highest BCUT2D eigenvalue weighted by atomic mass is 32.2. The number of carbonyl (C=O) groups excluding carboxylic acids is 3. The van der Waals surface area contributed by atoms with Gasteiger partial charge in [-0.2, -0.15) is 0 Å². The van der Waals surface area contributed by atoms with Crippen molar-refractivity contribution in [3.8, 4) is 0 Å². The van der Waals surface area contributed by atoms with Crippen molar-refractivity contribution in [1.82, 2.24) is 4.90 Å². The molecule has 39 heavy (non-hydrogen) atoms. The average molecular weight is 554 g/mol. The van der Waals surface area contributed by atoms with Gasteiger partial charge in [-0.15, -0.1) is 11.8 Å². The number of rotatable bonds is 7. The van der Waals surface area contributed by atoms with Crippen LogP contribution in [0.3, 0.4) is 0 Å². The molecule has 4 heterocycles. The number of ether oxygens (including phenoxy) is 1. The van der Waals surface area contributed by atoms with E-state index in [-0.39, 0.29) is 42.2 Å². The van der Waals surface area contributed by atoms with Crippen molar-refractivity contribution in [1.29, 1.82) is 0 Å². The molecule has 0 saturated carbocycles. The molecule has 0 aromatic heterocycles. The van der Waals surface area contributed by atoms with Crippen LogP contribution in [-0.2, 0) is 19.1 Å². The molecule has 210 valence electrons. The van der Waals surface area contributed by atoms with Gasteiger partial charge < -0.3 is 24.5 Å². The van der Waals surface area contributed by atoms with Crippen LogP contribution in [0.5, 0.6) is 0 Å². The molecular weight excluding hydrogens is 514 g/mol. The molecule has 6 atom stereocenters. The van der Waals surface area contributed by atoms with Gasteiger partial charge in [-0.3, -0.25) is 14.4 Å². The number of aliphatic hydroxyl groups excluding tert-OH is 1. The van der Waals surface area contributed by atoms with Gasteiger partial charge in [0.15, 0.2) is 0 Å². The Kier molecular flexibility index (Phi) is 7.84. The molecule has 1 spiro atoms. The molecule has 4 aliphatic heterocycles. The number of anilines is 2. The van der Waals surface area contributed by atoms with Gasteiger partial charge >= 0.3 is 5.97 Å². The van der Waals surface area contributed by atoms with E-state index in [0.717, 1.165) is 24.5 Å². The molecular formula is C30H39N3O5S. The largest absolute Gasteiger partial charge is 0.465 e. The predicted octanol–water partition coefficient (Wildman–Crippen LogP) is 3.25. The maximum absolute atomic E-state index is 14.6. The molecule has 2 amide bonds. The number of likely N-dealkylation sites (tertiary alicyclic amines) is 1. The van der Waals surface area contributed by atoms with E-state index in [1.54, 1.807) is 9.80 Å². The number of hydrogen-bond donors (Lipinski definition) is 1. The van der Waals surface area contributed by atoms with Crippen LogP contribution in [0.25, 0.3) is 0 Å². The highest BCUT2D eigenvalue weighted by Crippen LogP contribution is 2.61. The van der Waals surface area contributed by atoms with Crippen LogP contribution in [0.15, 0.2) is 48.6 Å². The molecule has 0 bridgehead atoms. The molecule has 4 aliphatic rings. The summed E-state index contributed by atoms with van der Waals surface area (Å²) in [5.41, 5.74) is 1.84. The summed E-state index contributed by atoms with van der Waals surface area (Å²) in [6, 6.07) is 6.56. The Labute approximate surface area is 235 Å². The summed E-state index contributed by atoms with van der Waals surface area (Å²) < 4.78 is 4.61. The number of amides is 2. The number of thioether (sulfide) groups is 1. The van der Waals surface area contributed by atoms with E-state index in [1.165, 1.54) is 11.8 Å². The lowest BCUT2D eigenvalue weighted by molar-refractivity contribution is -0.153. The lowest BCUT2D eigenvalue weighted by atomic mass is 9.78. The van der Waals surface area contributed by atoms with Crippen LogP contribution < -0.4 is 9.80 Å². The molecule has 1 aromatic carbocycles. The van der Waals surface area contributed by atoms with E-state index in [4.69, 9.17) is 4.74 Å². The van der Waals surface area contributed by atoms with Crippen LogP contribution in [0, 0.1) is 17.8 Å². The zero-order valence-electron chi connectivity index (χ0n) is 23.2. The van der Waals surface area contributed by atoms with E-state index in [2.05, 4.69) is 18.7 Å². The summed E-state index contributed by atoms with van der Waals surface area (Å²) in [6.45, 7) is 10.3. The first-order chi connectivity index (χ1) is 18.8. The zero-order chi connectivity index (χ0) is 27.9. The molecule has 0 radical (unpaired) electrons. The summed E-state index contributed by atoms with van der Waals surface area (Å²) in [5, 5.41) is 10.1. The smallest absolute Gasteiger partial charge is 0.311 e. The van der Waals surface area contributed by atoms with E-state index >= 15 is 0 Å². The maximum Gasteiger partial charge on any atom is 0.311 e. The van der Waals surface area contributed by atoms with Crippen molar-refractivity contribution in [2.24, 2.45) is 17.8 Å². The molecule has 8 nitrogen and oxygen atoms in total. The average Bonchev–Trinajstić information content (AvgIpc) is 3.29. The SMILES string of the molecule is CCN(CC)c1ccc(N2CC=C[C@]34S[C@@H]5C=CCCOC(=O)[C@@H]5[C@H]3C(=O)N([C@@H](CO)C(C)C)C4C2=O)cc1. The van der Waals surface area contributed by atoms with Gasteiger partial charge in [0.2, 0.25) is 5.91 Å². The monoisotopic (exact) mass is 553 g/mol. The fourth-order valence-electron chi connectivity index (χ4n) is 6.69. The van der Waals surface area contributed by atoms with Crippen molar-refractivity contribution in [2.75, 3.05) is 42.6 Å². The van der Waals surface area contributed by atoms with Crippen molar-refractivity contribution in [3.63, 3.8) is 0 Å². The van der Waals surface area contributed by atoms with Crippen LogP contribution in [0.1, 0.15) is 34.1 Å². The second-order valence-corrected chi connectivity index (χ2v) is 12.5. The van der Waals surface area contributed by atoms with Crippen LogP contribution in [-0.4, -0.2) is 82.7 Å². The first kappa shape index (κ1) is 27.8. The van der Waals surface area contributed by atoms with E-state index in [1.807, 2.05) is 62.4 Å². The number of benzene rings is 1. The summed E-state index contributed by atoms with van der Waals surface area (Å²) in [7, 11) is 0. The minimum atomic E-state index is -0.935. The minimum absolute atomic E-state index is 0.0818. The maximum atomic E-state index is 14.6. The number of carbonyl (C=O) groups is 3. The summed E-state index contributed by atoms with van der Waals surface area (Å²) in [5.74, 6) is -2.34. The van der Waals surface area contributed by atoms with Crippen molar-refractivity contribution < 1.29 is 24.2 Å². The number of cyclic esters (lactones) is 1. The topological polar surface area (TPSA) is 90.4 Å². The third-order valence-electron chi connectivity index (χ3n) is 8.66. The Morgan fingerprint density at radius 1 is 1.10 bits per heavy atom. The predicted molar refractivity (Wildman–Crippen MR) is 154 cm³/mol. The highest BCUT2D eigenvalue weighted by molar-refractivity contribution is 8.02. The van der Waals surface area contributed by atoms with E-state index in [0.29, 0.717) is 13.0 Å². The molecule has 0 aliphatic carbocycles. The van der Waals surface area contributed by atoms with Crippen LogP contribution in [0.2, 0.25) is 0 Å².